The Kier molecular flexibility index (Phi) is 2.47. The molecule has 2 nitrogen and oxygen atoms in total. The molecule has 0 radical (unpaired) electrons. The lowest BCUT2D eigenvalue weighted by Gasteiger charge is -2.10. The Morgan fingerprint density at radius 1 is 1.46 bits per heavy atom. The summed E-state index contributed by atoms with van der Waals surface area (Å²) in [7, 11) is 0. The molecule has 1 fully saturated rings. The molecule has 1 atom stereocenters. The smallest absolute Gasteiger partial charge is 0.231 e. The molecule has 1 saturated heterocycles. The Hall–Kier alpha value is -0.670. The van der Waals surface area contributed by atoms with Crippen molar-refractivity contribution in [3.8, 4) is 0 Å². The normalized spacial score (nSPS) is 21.6. The molecule has 0 saturated carbocycles. The van der Waals surface area contributed by atoms with Gasteiger partial charge in [0, 0.05) is 10.6 Å². The standard InChI is InChI=1S/C9H8ClNOS/c10-7-4-2-1-3-6(7)9-11-8(12)5-13-9/h1-4,9H,5H2,(H,11,12)/t9-/m0/s1. The van der Waals surface area contributed by atoms with Crippen molar-refractivity contribution < 1.29 is 4.79 Å². The molecule has 1 N–H and O–H groups in total. The fourth-order valence-electron chi connectivity index (χ4n) is 1.24. The molecule has 1 heterocycles. The predicted molar refractivity (Wildman–Crippen MR) is 54.8 cm³/mol. The first-order valence-electron chi connectivity index (χ1n) is 3.93. The van der Waals surface area contributed by atoms with Gasteiger partial charge in [-0.3, -0.25) is 4.79 Å². The minimum absolute atomic E-state index is 0.0289. The van der Waals surface area contributed by atoms with Gasteiger partial charge in [-0.05, 0) is 6.07 Å². The molecule has 0 aliphatic carbocycles. The van der Waals surface area contributed by atoms with Crippen LogP contribution in [0.3, 0.4) is 0 Å². The van der Waals surface area contributed by atoms with Gasteiger partial charge in [0.2, 0.25) is 5.91 Å². The van der Waals surface area contributed by atoms with Crippen molar-refractivity contribution in [2.45, 2.75) is 5.37 Å². The number of hydrogen-bond acceptors (Lipinski definition) is 2. The van der Waals surface area contributed by atoms with Gasteiger partial charge in [-0.1, -0.05) is 29.8 Å². The van der Waals surface area contributed by atoms with Crippen LogP contribution in [0.1, 0.15) is 10.9 Å². The summed E-state index contributed by atoms with van der Waals surface area (Å²) in [5.74, 6) is 0.602. The summed E-state index contributed by atoms with van der Waals surface area (Å²) in [5.41, 5.74) is 0.986. The molecule has 1 aromatic rings. The van der Waals surface area contributed by atoms with Gasteiger partial charge >= 0.3 is 0 Å². The maximum atomic E-state index is 11.0. The zero-order valence-corrected chi connectivity index (χ0v) is 8.36. The van der Waals surface area contributed by atoms with Crippen LogP contribution in [0, 0.1) is 0 Å². The summed E-state index contributed by atoms with van der Waals surface area (Å²) in [6.45, 7) is 0. The monoisotopic (exact) mass is 213 g/mol. The van der Waals surface area contributed by atoms with Crippen LogP contribution in [0.2, 0.25) is 5.02 Å². The van der Waals surface area contributed by atoms with Crippen molar-refractivity contribution in [1.29, 1.82) is 0 Å². The van der Waals surface area contributed by atoms with E-state index in [1.807, 2.05) is 24.3 Å². The van der Waals surface area contributed by atoms with Gasteiger partial charge in [0.25, 0.3) is 0 Å². The highest BCUT2D eigenvalue weighted by molar-refractivity contribution is 8.00. The number of amides is 1. The minimum Gasteiger partial charge on any atom is -0.339 e. The number of rotatable bonds is 1. The first kappa shape index (κ1) is 8.91. The first-order valence-corrected chi connectivity index (χ1v) is 5.35. The molecule has 1 amide bonds. The van der Waals surface area contributed by atoms with Gasteiger partial charge in [-0.15, -0.1) is 11.8 Å². The molecular weight excluding hydrogens is 206 g/mol. The highest BCUT2D eigenvalue weighted by Gasteiger charge is 2.24. The summed E-state index contributed by atoms with van der Waals surface area (Å²) < 4.78 is 0. The number of thioether (sulfide) groups is 1. The second kappa shape index (κ2) is 3.60. The number of carbonyl (C=O) groups excluding carboxylic acids is 1. The molecule has 1 aromatic carbocycles. The Labute approximate surface area is 85.7 Å². The van der Waals surface area contributed by atoms with E-state index in [0.29, 0.717) is 10.8 Å². The van der Waals surface area contributed by atoms with E-state index >= 15 is 0 Å². The van der Waals surface area contributed by atoms with E-state index in [4.69, 9.17) is 11.6 Å². The molecule has 13 heavy (non-hydrogen) atoms. The molecule has 0 spiro atoms. The SMILES string of the molecule is O=C1CS[C@@H](c2ccccc2Cl)N1. The van der Waals surface area contributed by atoms with Crippen molar-refractivity contribution in [2.24, 2.45) is 0 Å². The fraction of sp³-hybridized carbons (Fsp3) is 0.222. The maximum Gasteiger partial charge on any atom is 0.231 e. The summed E-state index contributed by atoms with van der Waals surface area (Å²) in [6.07, 6.45) is 0. The number of nitrogens with one attached hydrogen (secondary N) is 1. The van der Waals surface area contributed by atoms with Crippen molar-refractivity contribution >= 4 is 29.3 Å². The lowest BCUT2D eigenvalue weighted by molar-refractivity contribution is -0.118. The van der Waals surface area contributed by atoms with E-state index in [-0.39, 0.29) is 11.3 Å². The van der Waals surface area contributed by atoms with Gasteiger partial charge in [-0.25, -0.2) is 0 Å². The van der Waals surface area contributed by atoms with E-state index in [2.05, 4.69) is 5.32 Å². The molecule has 0 aromatic heterocycles. The van der Waals surface area contributed by atoms with Crippen LogP contribution in [0.15, 0.2) is 24.3 Å². The zero-order valence-electron chi connectivity index (χ0n) is 6.79. The molecule has 4 heteroatoms. The summed E-state index contributed by atoms with van der Waals surface area (Å²) in [4.78, 5) is 11.0. The third-order valence-corrected chi connectivity index (χ3v) is 3.34. The zero-order chi connectivity index (χ0) is 9.26. The summed E-state index contributed by atoms with van der Waals surface area (Å²) >= 11 is 7.56. The minimum atomic E-state index is 0.0289. The topological polar surface area (TPSA) is 29.1 Å². The van der Waals surface area contributed by atoms with Gasteiger partial charge in [0.15, 0.2) is 0 Å². The largest absolute Gasteiger partial charge is 0.339 e. The first-order chi connectivity index (χ1) is 6.27. The highest BCUT2D eigenvalue weighted by Crippen LogP contribution is 2.34. The molecule has 0 bridgehead atoms. The molecule has 0 unspecified atom stereocenters. The predicted octanol–water partition coefficient (Wildman–Crippen LogP) is 2.20. The second-order valence-corrected chi connectivity index (χ2v) is 4.28. The van der Waals surface area contributed by atoms with Gasteiger partial charge < -0.3 is 5.32 Å². The van der Waals surface area contributed by atoms with Gasteiger partial charge in [0.1, 0.15) is 5.37 Å². The van der Waals surface area contributed by atoms with Crippen molar-refractivity contribution in [2.75, 3.05) is 5.75 Å². The average Bonchev–Trinajstić information content (AvgIpc) is 2.53. The van der Waals surface area contributed by atoms with Crippen molar-refractivity contribution in [1.82, 2.24) is 5.32 Å². The third-order valence-electron chi connectivity index (χ3n) is 1.86. The van der Waals surface area contributed by atoms with E-state index < -0.39 is 0 Å². The maximum absolute atomic E-state index is 11.0. The van der Waals surface area contributed by atoms with E-state index in [9.17, 15) is 4.79 Å². The van der Waals surface area contributed by atoms with Crippen LogP contribution in [-0.4, -0.2) is 11.7 Å². The Bertz CT molecular complexity index is 342. The second-order valence-electron chi connectivity index (χ2n) is 2.78. The van der Waals surface area contributed by atoms with Crippen LogP contribution in [0.5, 0.6) is 0 Å². The Balaban J connectivity index is 2.26. The van der Waals surface area contributed by atoms with Crippen LogP contribution in [0.4, 0.5) is 0 Å². The summed E-state index contributed by atoms with van der Waals surface area (Å²) in [5, 5.41) is 3.59. The van der Waals surface area contributed by atoms with E-state index in [0.717, 1.165) is 5.56 Å². The number of carbonyl (C=O) groups is 1. The summed E-state index contributed by atoms with van der Waals surface area (Å²) in [6, 6.07) is 7.58. The van der Waals surface area contributed by atoms with E-state index in [1.54, 1.807) is 11.8 Å². The number of halogens is 1. The molecular formula is C9H8ClNOS. The molecule has 1 aliphatic rings. The lowest BCUT2D eigenvalue weighted by atomic mass is 10.2. The molecule has 68 valence electrons. The van der Waals surface area contributed by atoms with Crippen LogP contribution in [-0.2, 0) is 4.79 Å². The lowest BCUT2D eigenvalue weighted by Crippen LogP contribution is -2.19. The number of hydrogen-bond donors (Lipinski definition) is 1. The van der Waals surface area contributed by atoms with Crippen LogP contribution < -0.4 is 5.32 Å². The van der Waals surface area contributed by atoms with Gasteiger partial charge in [0.05, 0.1) is 5.75 Å². The van der Waals surface area contributed by atoms with Crippen molar-refractivity contribution in [3.05, 3.63) is 34.9 Å². The van der Waals surface area contributed by atoms with Crippen LogP contribution in [0.25, 0.3) is 0 Å². The fourth-order valence-corrected chi connectivity index (χ4v) is 2.55. The molecule has 1 aliphatic heterocycles. The Morgan fingerprint density at radius 3 is 2.85 bits per heavy atom. The van der Waals surface area contributed by atoms with E-state index in [1.165, 1.54) is 0 Å². The number of benzene rings is 1. The van der Waals surface area contributed by atoms with Crippen molar-refractivity contribution in [3.63, 3.8) is 0 Å². The highest BCUT2D eigenvalue weighted by atomic mass is 35.5. The van der Waals surface area contributed by atoms with Gasteiger partial charge in [-0.2, -0.15) is 0 Å². The van der Waals surface area contributed by atoms with Crippen LogP contribution >= 0.6 is 23.4 Å². The Morgan fingerprint density at radius 2 is 2.23 bits per heavy atom. The third kappa shape index (κ3) is 1.81. The quantitative estimate of drug-likeness (QED) is 0.775. The average molecular weight is 214 g/mol. The molecule has 2 rings (SSSR count).